The minimum atomic E-state index is -0.280. The van der Waals surface area contributed by atoms with Crippen molar-refractivity contribution in [2.24, 2.45) is 18.7 Å². The van der Waals surface area contributed by atoms with Gasteiger partial charge in [0, 0.05) is 31.9 Å². The molecule has 5 heteroatoms. The highest BCUT2D eigenvalue weighted by molar-refractivity contribution is 5.76. The Labute approximate surface area is 83.3 Å². The van der Waals surface area contributed by atoms with Crippen LogP contribution < -0.4 is 11.1 Å². The van der Waals surface area contributed by atoms with E-state index in [9.17, 15) is 4.79 Å². The van der Waals surface area contributed by atoms with Gasteiger partial charge in [0.1, 0.15) is 5.82 Å². The van der Waals surface area contributed by atoms with Crippen molar-refractivity contribution in [3.05, 3.63) is 18.2 Å². The van der Waals surface area contributed by atoms with Gasteiger partial charge < -0.3 is 15.6 Å². The molecule has 0 spiro atoms. The van der Waals surface area contributed by atoms with E-state index >= 15 is 0 Å². The van der Waals surface area contributed by atoms with Crippen LogP contribution in [0, 0.1) is 5.92 Å². The minimum Gasteiger partial charge on any atom is -0.369 e. The van der Waals surface area contributed by atoms with Crippen molar-refractivity contribution in [1.29, 1.82) is 0 Å². The van der Waals surface area contributed by atoms with Crippen LogP contribution in [0.2, 0.25) is 0 Å². The Kier molecular flexibility index (Phi) is 3.64. The number of primary amides is 1. The van der Waals surface area contributed by atoms with Gasteiger partial charge in [-0.1, -0.05) is 6.92 Å². The molecule has 1 aromatic heterocycles. The van der Waals surface area contributed by atoms with Crippen LogP contribution in [0.3, 0.4) is 0 Å². The second-order valence-electron chi connectivity index (χ2n) is 3.39. The monoisotopic (exact) mass is 196 g/mol. The molecule has 0 bridgehead atoms. The second-order valence-corrected chi connectivity index (χ2v) is 3.39. The van der Waals surface area contributed by atoms with E-state index in [1.807, 2.05) is 17.8 Å². The van der Waals surface area contributed by atoms with Gasteiger partial charge in [0.2, 0.25) is 5.91 Å². The predicted molar refractivity (Wildman–Crippen MR) is 53.3 cm³/mol. The summed E-state index contributed by atoms with van der Waals surface area (Å²) in [5.41, 5.74) is 5.13. The Morgan fingerprint density at radius 3 is 3.00 bits per heavy atom. The minimum absolute atomic E-state index is 0.143. The fraction of sp³-hybridized carbons (Fsp3) is 0.556. The Morgan fingerprint density at radius 2 is 2.50 bits per heavy atom. The number of aryl methyl sites for hydroxylation is 1. The SMILES string of the molecule is CC(CNCc1nccn1C)C(N)=O. The molecule has 0 aromatic carbocycles. The van der Waals surface area contributed by atoms with Crippen LogP contribution in [0.15, 0.2) is 12.4 Å². The van der Waals surface area contributed by atoms with Gasteiger partial charge in [-0.15, -0.1) is 0 Å². The first-order chi connectivity index (χ1) is 6.61. The molecule has 0 aliphatic carbocycles. The third-order valence-corrected chi connectivity index (χ3v) is 2.14. The van der Waals surface area contributed by atoms with Gasteiger partial charge in [-0.05, 0) is 0 Å². The van der Waals surface area contributed by atoms with Crippen molar-refractivity contribution in [2.75, 3.05) is 6.54 Å². The summed E-state index contributed by atoms with van der Waals surface area (Å²) in [6.07, 6.45) is 3.63. The van der Waals surface area contributed by atoms with E-state index in [-0.39, 0.29) is 11.8 Å². The van der Waals surface area contributed by atoms with Crippen LogP contribution in [0.25, 0.3) is 0 Å². The lowest BCUT2D eigenvalue weighted by atomic mass is 10.2. The van der Waals surface area contributed by atoms with Crippen molar-refractivity contribution in [3.63, 3.8) is 0 Å². The van der Waals surface area contributed by atoms with Gasteiger partial charge in [-0.3, -0.25) is 4.79 Å². The first-order valence-corrected chi connectivity index (χ1v) is 4.57. The highest BCUT2D eigenvalue weighted by Gasteiger charge is 2.07. The molecule has 1 aromatic rings. The van der Waals surface area contributed by atoms with Gasteiger partial charge in [0.25, 0.3) is 0 Å². The molecular formula is C9H16N4O. The van der Waals surface area contributed by atoms with E-state index < -0.39 is 0 Å². The zero-order chi connectivity index (χ0) is 10.6. The summed E-state index contributed by atoms with van der Waals surface area (Å²) in [7, 11) is 1.93. The van der Waals surface area contributed by atoms with Crippen molar-refractivity contribution in [3.8, 4) is 0 Å². The number of nitrogens with two attached hydrogens (primary N) is 1. The largest absolute Gasteiger partial charge is 0.369 e. The van der Waals surface area contributed by atoms with Crippen LogP contribution in [-0.4, -0.2) is 22.0 Å². The van der Waals surface area contributed by atoms with Crippen molar-refractivity contribution in [1.82, 2.24) is 14.9 Å². The van der Waals surface area contributed by atoms with Crippen LogP contribution in [0.4, 0.5) is 0 Å². The molecule has 0 saturated carbocycles. The topological polar surface area (TPSA) is 72.9 Å². The molecule has 0 aliphatic heterocycles. The van der Waals surface area contributed by atoms with E-state index in [4.69, 9.17) is 5.73 Å². The summed E-state index contributed by atoms with van der Waals surface area (Å²) in [5.74, 6) is 0.522. The summed E-state index contributed by atoms with van der Waals surface area (Å²) in [5, 5.41) is 3.13. The highest BCUT2D eigenvalue weighted by atomic mass is 16.1. The lowest BCUT2D eigenvalue weighted by molar-refractivity contribution is -0.121. The fourth-order valence-corrected chi connectivity index (χ4v) is 1.07. The molecule has 0 fully saturated rings. The molecule has 0 radical (unpaired) electrons. The van der Waals surface area contributed by atoms with Crippen molar-refractivity contribution >= 4 is 5.91 Å². The summed E-state index contributed by atoms with van der Waals surface area (Å²) >= 11 is 0. The van der Waals surface area contributed by atoms with E-state index in [1.165, 1.54) is 0 Å². The molecule has 1 rings (SSSR count). The molecular weight excluding hydrogens is 180 g/mol. The Hall–Kier alpha value is -1.36. The maximum atomic E-state index is 10.7. The van der Waals surface area contributed by atoms with E-state index in [0.717, 1.165) is 5.82 Å². The molecule has 3 N–H and O–H groups in total. The lowest BCUT2D eigenvalue weighted by Crippen LogP contribution is -2.31. The molecule has 0 saturated heterocycles. The number of imidazole rings is 1. The van der Waals surface area contributed by atoms with Gasteiger partial charge in [-0.25, -0.2) is 4.98 Å². The summed E-state index contributed by atoms with van der Waals surface area (Å²) in [6, 6.07) is 0. The van der Waals surface area contributed by atoms with Crippen LogP contribution in [0.1, 0.15) is 12.7 Å². The molecule has 1 amide bonds. The maximum Gasteiger partial charge on any atom is 0.221 e. The number of carbonyl (C=O) groups is 1. The third-order valence-electron chi connectivity index (χ3n) is 2.14. The average molecular weight is 196 g/mol. The molecule has 1 heterocycles. The number of hydrogen-bond acceptors (Lipinski definition) is 3. The molecule has 1 unspecified atom stereocenters. The number of nitrogens with zero attached hydrogens (tertiary/aromatic N) is 2. The summed E-state index contributed by atoms with van der Waals surface area (Å²) in [6.45, 7) is 3.04. The maximum absolute atomic E-state index is 10.7. The molecule has 5 nitrogen and oxygen atoms in total. The van der Waals surface area contributed by atoms with E-state index in [0.29, 0.717) is 13.1 Å². The van der Waals surface area contributed by atoms with Crippen molar-refractivity contribution in [2.45, 2.75) is 13.5 Å². The van der Waals surface area contributed by atoms with Gasteiger partial charge in [0.05, 0.1) is 6.54 Å². The van der Waals surface area contributed by atoms with E-state index in [1.54, 1.807) is 13.1 Å². The normalized spacial score (nSPS) is 12.7. The Morgan fingerprint density at radius 1 is 1.79 bits per heavy atom. The third kappa shape index (κ3) is 2.85. The summed E-state index contributed by atoms with van der Waals surface area (Å²) in [4.78, 5) is 14.9. The van der Waals surface area contributed by atoms with Gasteiger partial charge in [0.15, 0.2) is 0 Å². The number of amides is 1. The molecule has 14 heavy (non-hydrogen) atoms. The Bertz CT molecular complexity index is 308. The highest BCUT2D eigenvalue weighted by Crippen LogP contribution is 1.95. The smallest absolute Gasteiger partial charge is 0.221 e. The second kappa shape index (κ2) is 4.76. The van der Waals surface area contributed by atoms with Crippen LogP contribution >= 0.6 is 0 Å². The first kappa shape index (κ1) is 10.7. The molecule has 0 aliphatic rings. The zero-order valence-corrected chi connectivity index (χ0v) is 8.53. The quantitative estimate of drug-likeness (QED) is 0.675. The standard InChI is InChI=1S/C9H16N4O/c1-7(9(10)14)5-11-6-8-12-3-4-13(8)2/h3-4,7,11H,5-6H2,1-2H3,(H2,10,14). The van der Waals surface area contributed by atoms with E-state index in [2.05, 4.69) is 10.3 Å². The predicted octanol–water partition coefficient (Wildman–Crippen LogP) is -0.369. The first-order valence-electron chi connectivity index (χ1n) is 4.57. The zero-order valence-electron chi connectivity index (χ0n) is 8.53. The number of rotatable bonds is 5. The van der Waals surface area contributed by atoms with Gasteiger partial charge in [-0.2, -0.15) is 0 Å². The van der Waals surface area contributed by atoms with Crippen LogP contribution in [-0.2, 0) is 18.4 Å². The van der Waals surface area contributed by atoms with Crippen LogP contribution in [0.5, 0.6) is 0 Å². The molecule has 78 valence electrons. The van der Waals surface area contributed by atoms with Gasteiger partial charge >= 0.3 is 0 Å². The molecule has 1 atom stereocenters. The lowest BCUT2D eigenvalue weighted by Gasteiger charge is -2.08. The number of nitrogens with one attached hydrogen (secondary N) is 1. The average Bonchev–Trinajstić information content (AvgIpc) is 2.51. The summed E-state index contributed by atoms with van der Waals surface area (Å²) < 4.78 is 1.93. The Balaban J connectivity index is 2.29. The number of aromatic nitrogens is 2. The number of hydrogen-bond donors (Lipinski definition) is 2. The number of carbonyl (C=O) groups excluding carboxylic acids is 1. The van der Waals surface area contributed by atoms with Crippen molar-refractivity contribution < 1.29 is 4.79 Å². The fourth-order valence-electron chi connectivity index (χ4n) is 1.07.